The third kappa shape index (κ3) is 3.25. The van der Waals surface area contributed by atoms with Gasteiger partial charge >= 0.3 is 0 Å². The lowest BCUT2D eigenvalue weighted by Gasteiger charge is -2.15. The molecule has 0 fully saturated rings. The molecule has 0 unspecified atom stereocenters. The summed E-state index contributed by atoms with van der Waals surface area (Å²) in [4.78, 5) is 24.0. The monoisotopic (exact) mass is 383 g/mol. The second-order valence-corrected chi connectivity index (χ2v) is 7.16. The first-order valence-corrected chi connectivity index (χ1v) is 9.57. The summed E-state index contributed by atoms with van der Waals surface area (Å²) in [6.45, 7) is 1.06. The van der Waals surface area contributed by atoms with Crippen LogP contribution in [-0.2, 0) is 13.0 Å². The molecular formula is C24H18FN3O. The van der Waals surface area contributed by atoms with Crippen LogP contribution in [0.4, 0.5) is 4.39 Å². The van der Waals surface area contributed by atoms with E-state index in [1.165, 1.54) is 12.1 Å². The molecule has 1 aliphatic rings. The quantitative estimate of drug-likeness (QED) is 0.516. The number of aromatic nitrogens is 2. The number of rotatable bonds is 4. The standard InChI is InChI=1S/C24H18FN3O/c25-18-8-5-16(6-9-18)20-11-13-26-22-15-28(24(29)23(20)22)14-12-19-10-7-17-3-1-2-4-21(17)27-19/h1-11,13H,12,14-15H2. The Morgan fingerprint density at radius 1 is 0.966 bits per heavy atom. The molecule has 0 aliphatic carbocycles. The molecule has 4 aromatic rings. The highest BCUT2D eigenvalue weighted by Crippen LogP contribution is 2.31. The summed E-state index contributed by atoms with van der Waals surface area (Å²) >= 11 is 0. The molecule has 2 aromatic carbocycles. The van der Waals surface area contributed by atoms with E-state index in [0.717, 1.165) is 33.4 Å². The molecule has 3 heterocycles. The van der Waals surface area contributed by atoms with E-state index in [9.17, 15) is 9.18 Å². The van der Waals surface area contributed by atoms with Crippen LogP contribution in [0.5, 0.6) is 0 Å². The maximum atomic E-state index is 13.3. The number of pyridine rings is 2. The number of hydrogen-bond acceptors (Lipinski definition) is 3. The van der Waals surface area contributed by atoms with Gasteiger partial charge in [-0.1, -0.05) is 36.4 Å². The number of carbonyl (C=O) groups is 1. The molecular weight excluding hydrogens is 365 g/mol. The highest BCUT2D eigenvalue weighted by atomic mass is 19.1. The molecule has 0 atom stereocenters. The summed E-state index contributed by atoms with van der Waals surface area (Å²) < 4.78 is 13.3. The van der Waals surface area contributed by atoms with Crippen LogP contribution >= 0.6 is 0 Å². The van der Waals surface area contributed by atoms with Gasteiger partial charge in [-0.3, -0.25) is 14.8 Å². The first-order chi connectivity index (χ1) is 14.2. The Kier molecular flexibility index (Phi) is 4.28. The smallest absolute Gasteiger partial charge is 0.256 e. The number of amides is 1. The van der Waals surface area contributed by atoms with E-state index in [0.29, 0.717) is 25.1 Å². The molecule has 0 spiro atoms. The minimum Gasteiger partial charge on any atom is -0.332 e. The number of nitrogens with zero attached hydrogens (tertiary/aromatic N) is 3. The predicted molar refractivity (Wildman–Crippen MR) is 110 cm³/mol. The van der Waals surface area contributed by atoms with Gasteiger partial charge in [0.1, 0.15) is 5.82 Å². The topological polar surface area (TPSA) is 46.1 Å². The van der Waals surface area contributed by atoms with Crippen molar-refractivity contribution < 1.29 is 9.18 Å². The van der Waals surface area contributed by atoms with Crippen molar-refractivity contribution >= 4 is 16.8 Å². The van der Waals surface area contributed by atoms with Crippen LogP contribution in [0, 0.1) is 5.82 Å². The number of benzene rings is 2. The van der Waals surface area contributed by atoms with Crippen LogP contribution in [-0.4, -0.2) is 27.3 Å². The van der Waals surface area contributed by atoms with Gasteiger partial charge in [0, 0.05) is 30.2 Å². The highest BCUT2D eigenvalue weighted by molar-refractivity contribution is 6.04. The van der Waals surface area contributed by atoms with Crippen molar-refractivity contribution in [2.75, 3.05) is 6.54 Å². The fourth-order valence-electron chi connectivity index (χ4n) is 3.82. The number of fused-ring (bicyclic) bond motifs is 2. The van der Waals surface area contributed by atoms with E-state index >= 15 is 0 Å². The van der Waals surface area contributed by atoms with Crippen LogP contribution in [0.15, 0.2) is 72.9 Å². The summed E-state index contributed by atoms with van der Waals surface area (Å²) in [6, 6.07) is 20.1. The Morgan fingerprint density at radius 3 is 2.66 bits per heavy atom. The molecule has 0 N–H and O–H groups in total. The van der Waals surface area contributed by atoms with E-state index < -0.39 is 0 Å². The molecule has 4 nitrogen and oxygen atoms in total. The number of hydrogen-bond donors (Lipinski definition) is 0. The summed E-state index contributed by atoms with van der Waals surface area (Å²) in [5.74, 6) is -0.330. The molecule has 0 saturated heterocycles. The van der Waals surface area contributed by atoms with Crippen molar-refractivity contribution in [1.82, 2.24) is 14.9 Å². The highest BCUT2D eigenvalue weighted by Gasteiger charge is 2.31. The molecule has 29 heavy (non-hydrogen) atoms. The van der Waals surface area contributed by atoms with Gasteiger partial charge in [-0.05, 0) is 41.5 Å². The number of carbonyl (C=O) groups excluding carboxylic acids is 1. The van der Waals surface area contributed by atoms with E-state index in [1.807, 2.05) is 41.3 Å². The minimum absolute atomic E-state index is 0.0341. The third-order valence-corrected chi connectivity index (χ3v) is 5.32. The number of para-hydroxylation sites is 1. The van der Waals surface area contributed by atoms with Crippen molar-refractivity contribution in [2.24, 2.45) is 0 Å². The molecule has 142 valence electrons. The van der Waals surface area contributed by atoms with Crippen molar-refractivity contribution in [2.45, 2.75) is 13.0 Å². The van der Waals surface area contributed by atoms with Gasteiger partial charge in [0.25, 0.3) is 5.91 Å². The SMILES string of the molecule is O=C1c2c(-c3ccc(F)cc3)ccnc2CN1CCc1ccc2ccccc2n1. The first-order valence-electron chi connectivity index (χ1n) is 9.57. The fourth-order valence-corrected chi connectivity index (χ4v) is 3.82. The van der Waals surface area contributed by atoms with Crippen molar-refractivity contribution in [3.63, 3.8) is 0 Å². The Hall–Kier alpha value is -3.60. The van der Waals surface area contributed by atoms with Gasteiger partial charge in [-0.25, -0.2) is 4.39 Å². The zero-order chi connectivity index (χ0) is 19.8. The molecule has 2 aromatic heterocycles. The maximum absolute atomic E-state index is 13.3. The fraction of sp³-hybridized carbons (Fsp3) is 0.125. The van der Waals surface area contributed by atoms with Gasteiger partial charge in [0.05, 0.1) is 23.3 Å². The summed E-state index contributed by atoms with van der Waals surface area (Å²) in [6.07, 6.45) is 2.38. The minimum atomic E-state index is -0.296. The zero-order valence-electron chi connectivity index (χ0n) is 15.7. The van der Waals surface area contributed by atoms with Gasteiger partial charge in [0.2, 0.25) is 0 Å². The Bertz CT molecular complexity index is 1220. The zero-order valence-corrected chi connectivity index (χ0v) is 15.7. The summed E-state index contributed by atoms with van der Waals surface area (Å²) in [7, 11) is 0. The van der Waals surface area contributed by atoms with Gasteiger partial charge < -0.3 is 4.90 Å². The molecule has 0 saturated carbocycles. The van der Waals surface area contributed by atoms with Crippen LogP contribution in [0.1, 0.15) is 21.7 Å². The molecule has 1 amide bonds. The summed E-state index contributed by atoms with van der Waals surface area (Å²) in [5, 5.41) is 1.11. The lowest BCUT2D eigenvalue weighted by atomic mass is 10.00. The third-order valence-electron chi connectivity index (χ3n) is 5.32. The van der Waals surface area contributed by atoms with E-state index in [-0.39, 0.29) is 11.7 Å². The van der Waals surface area contributed by atoms with Crippen LogP contribution in [0.25, 0.3) is 22.0 Å². The second-order valence-electron chi connectivity index (χ2n) is 7.16. The van der Waals surface area contributed by atoms with Crippen LogP contribution < -0.4 is 0 Å². The predicted octanol–water partition coefficient (Wildman–Crippen LogP) is 4.63. The Labute approximate surface area is 167 Å². The maximum Gasteiger partial charge on any atom is 0.256 e. The number of halogens is 1. The van der Waals surface area contributed by atoms with Gasteiger partial charge in [-0.15, -0.1) is 0 Å². The summed E-state index contributed by atoms with van der Waals surface area (Å²) in [5.41, 5.74) is 4.91. The van der Waals surface area contributed by atoms with E-state index in [4.69, 9.17) is 4.98 Å². The van der Waals surface area contributed by atoms with Crippen molar-refractivity contribution in [3.8, 4) is 11.1 Å². The van der Waals surface area contributed by atoms with E-state index in [2.05, 4.69) is 11.1 Å². The van der Waals surface area contributed by atoms with E-state index in [1.54, 1.807) is 18.3 Å². The molecule has 5 rings (SSSR count). The first kappa shape index (κ1) is 17.5. The lowest BCUT2D eigenvalue weighted by molar-refractivity contribution is 0.0780. The van der Waals surface area contributed by atoms with Gasteiger partial charge in [-0.2, -0.15) is 0 Å². The van der Waals surface area contributed by atoms with Crippen LogP contribution in [0.2, 0.25) is 0 Å². The molecule has 0 bridgehead atoms. The van der Waals surface area contributed by atoms with Gasteiger partial charge in [0.15, 0.2) is 0 Å². The largest absolute Gasteiger partial charge is 0.332 e. The normalized spacial score (nSPS) is 13.1. The Balaban J connectivity index is 1.38. The Morgan fingerprint density at radius 2 is 1.79 bits per heavy atom. The second kappa shape index (κ2) is 7.09. The van der Waals surface area contributed by atoms with Crippen molar-refractivity contribution in [1.29, 1.82) is 0 Å². The average molecular weight is 383 g/mol. The lowest BCUT2D eigenvalue weighted by Crippen LogP contribution is -2.26. The average Bonchev–Trinajstić information content (AvgIpc) is 3.08. The molecule has 1 aliphatic heterocycles. The molecule has 5 heteroatoms. The molecule has 0 radical (unpaired) electrons. The van der Waals surface area contributed by atoms with Crippen LogP contribution in [0.3, 0.4) is 0 Å². The van der Waals surface area contributed by atoms with Crippen molar-refractivity contribution in [3.05, 3.63) is 95.7 Å².